The van der Waals surface area contributed by atoms with Crippen LogP contribution in [-0.2, 0) is 6.54 Å². The van der Waals surface area contributed by atoms with E-state index in [1.54, 1.807) is 0 Å². The molecule has 0 aliphatic carbocycles. The summed E-state index contributed by atoms with van der Waals surface area (Å²) in [6, 6.07) is 18.2. The summed E-state index contributed by atoms with van der Waals surface area (Å²) in [5, 5.41) is 4.46. The Labute approximate surface area is 148 Å². The van der Waals surface area contributed by atoms with Gasteiger partial charge in [0.2, 0.25) is 0 Å². The predicted octanol–water partition coefficient (Wildman–Crippen LogP) is 4.55. The molecule has 0 fully saturated rings. The number of imidazole rings is 1. The first kappa shape index (κ1) is 14.9. The van der Waals surface area contributed by atoms with E-state index in [0.717, 1.165) is 33.7 Å². The molecule has 0 aliphatic heterocycles. The molecule has 4 rings (SSSR count). The minimum Gasteiger partial charge on any atom is -0.326 e. The Bertz CT molecular complexity index is 956. The molecule has 2 heterocycles. The topological polar surface area (TPSA) is 35.6 Å². The smallest absolute Gasteiger partial charge is 0.141 e. The lowest BCUT2D eigenvalue weighted by atomic mass is 10.2. The van der Waals surface area contributed by atoms with Gasteiger partial charge in [-0.05, 0) is 18.2 Å². The summed E-state index contributed by atoms with van der Waals surface area (Å²) >= 11 is 3.60. The average molecular weight is 379 g/mol. The fourth-order valence-electron chi connectivity index (χ4n) is 2.68. The summed E-state index contributed by atoms with van der Waals surface area (Å²) in [5.74, 6) is 0.940. The molecule has 0 N–H and O–H groups in total. The summed E-state index contributed by atoms with van der Waals surface area (Å²) in [4.78, 5) is 4.51. The third kappa shape index (κ3) is 2.90. The van der Waals surface area contributed by atoms with Crippen LogP contribution in [0, 0.1) is 0 Å². The molecule has 4 nitrogen and oxygen atoms in total. The quantitative estimate of drug-likeness (QED) is 0.522. The lowest BCUT2D eigenvalue weighted by Crippen LogP contribution is -2.01. The van der Waals surface area contributed by atoms with Crippen molar-refractivity contribution < 1.29 is 0 Å². The standard InChI is InChI=1S/C19H15BrN4/c20-18-9-5-4-8-17(18)19-21-10-11-23(19)13-15-12-22-24(14-15)16-6-2-1-3-7-16/h1-12,14H,13H2. The number of nitrogens with zero attached hydrogens (tertiary/aromatic N) is 4. The molecule has 2 aromatic carbocycles. The van der Waals surface area contributed by atoms with E-state index in [2.05, 4.69) is 42.8 Å². The highest BCUT2D eigenvalue weighted by Gasteiger charge is 2.10. The Kier molecular flexibility index (Phi) is 4.01. The Morgan fingerprint density at radius 2 is 1.75 bits per heavy atom. The largest absolute Gasteiger partial charge is 0.326 e. The van der Waals surface area contributed by atoms with Gasteiger partial charge in [-0.2, -0.15) is 5.10 Å². The Balaban J connectivity index is 1.63. The van der Waals surface area contributed by atoms with E-state index in [-0.39, 0.29) is 0 Å². The van der Waals surface area contributed by atoms with Crippen LogP contribution in [0.25, 0.3) is 17.1 Å². The first-order chi connectivity index (χ1) is 11.8. The van der Waals surface area contributed by atoms with Crippen LogP contribution in [0.4, 0.5) is 0 Å². The molecule has 0 saturated heterocycles. The molecule has 0 amide bonds. The maximum Gasteiger partial charge on any atom is 0.141 e. The van der Waals surface area contributed by atoms with Crippen LogP contribution in [0.2, 0.25) is 0 Å². The highest BCUT2D eigenvalue weighted by Crippen LogP contribution is 2.27. The van der Waals surface area contributed by atoms with E-state index in [0.29, 0.717) is 0 Å². The van der Waals surface area contributed by atoms with Crippen molar-refractivity contribution in [2.45, 2.75) is 6.54 Å². The van der Waals surface area contributed by atoms with Gasteiger partial charge in [0.15, 0.2) is 0 Å². The van der Waals surface area contributed by atoms with Crippen molar-refractivity contribution >= 4 is 15.9 Å². The fraction of sp³-hybridized carbons (Fsp3) is 0.0526. The molecular formula is C19H15BrN4. The fourth-order valence-corrected chi connectivity index (χ4v) is 3.15. The summed E-state index contributed by atoms with van der Waals surface area (Å²) < 4.78 is 5.06. The van der Waals surface area contributed by atoms with E-state index in [4.69, 9.17) is 0 Å². The van der Waals surface area contributed by atoms with Gasteiger partial charge in [0.05, 0.1) is 18.4 Å². The van der Waals surface area contributed by atoms with Gasteiger partial charge in [-0.1, -0.05) is 52.3 Å². The molecular weight excluding hydrogens is 364 g/mol. The van der Waals surface area contributed by atoms with Crippen molar-refractivity contribution in [2.24, 2.45) is 0 Å². The van der Waals surface area contributed by atoms with Crippen LogP contribution in [0.15, 0.2) is 83.9 Å². The predicted molar refractivity (Wildman–Crippen MR) is 98.0 cm³/mol. The number of benzene rings is 2. The summed E-state index contributed by atoms with van der Waals surface area (Å²) in [6.45, 7) is 0.726. The molecule has 0 aliphatic rings. The monoisotopic (exact) mass is 378 g/mol. The van der Waals surface area contributed by atoms with Gasteiger partial charge in [0.25, 0.3) is 0 Å². The summed E-state index contributed by atoms with van der Waals surface area (Å²) in [5.41, 5.74) is 3.27. The van der Waals surface area contributed by atoms with E-state index in [1.807, 2.05) is 71.8 Å². The average Bonchev–Trinajstić information content (AvgIpc) is 3.26. The van der Waals surface area contributed by atoms with Crippen LogP contribution >= 0.6 is 15.9 Å². The molecule has 5 heteroatoms. The Hall–Kier alpha value is -2.66. The molecule has 0 radical (unpaired) electrons. The van der Waals surface area contributed by atoms with Crippen LogP contribution in [0.5, 0.6) is 0 Å². The van der Waals surface area contributed by atoms with E-state index in [1.165, 1.54) is 0 Å². The van der Waals surface area contributed by atoms with Crippen molar-refractivity contribution in [3.8, 4) is 17.1 Å². The lowest BCUT2D eigenvalue weighted by molar-refractivity contribution is 0.805. The first-order valence-electron chi connectivity index (χ1n) is 7.66. The summed E-state index contributed by atoms with van der Waals surface area (Å²) in [6.07, 6.45) is 7.78. The maximum absolute atomic E-state index is 4.51. The number of hydrogen-bond donors (Lipinski definition) is 0. The van der Waals surface area contributed by atoms with Gasteiger partial charge in [-0.25, -0.2) is 9.67 Å². The highest BCUT2D eigenvalue weighted by atomic mass is 79.9. The van der Waals surface area contributed by atoms with Gasteiger partial charge in [0, 0.05) is 34.2 Å². The van der Waals surface area contributed by atoms with Crippen LogP contribution in [-0.4, -0.2) is 19.3 Å². The molecule has 4 aromatic rings. The molecule has 0 bridgehead atoms. The van der Waals surface area contributed by atoms with Crippen molar-refractivity contribution in [3.63, 3.8) is 0 Å². The van der Waals surface area contributed by atoms with Gasteiger partial charge in [-0.3, -0.25) is 0 Å². The van der Waals surface area contributed by atoms with Gasteiger partial charge in [-0.15, -0.1) is 0 Å². The molecule has 24 heavy (non-hydrogen) atoms. The molecule has 118 valence electrons. The zero-order valence-corrected chi connectivity index (χ0v) is 14.5. The first-order valence-corrected chi connectivity index (χ1v) is 8.45. The van der Waals surface area contributed by atoms with Crippen LogP contribution in [0.1, 0.15) is 5.56 Å². The highest BCUT2D eigenvalue weighted by molar-refractivity contribution is 9.10. The Morgan fingerprint density at radius 3 is 2.58 bits per heavy atom. The summed E-state index contributed by atoms with van der Waals surface area (Å²) in [7, 11) is 0. The van der Waals surface area contributed by atoms with Crippen molar-refractivity contribution in [1.29, 1.82) is 0 Å². The SMILES string of the molecule is Brc1ccccc1-c1nccn1Cc1cnn(-c2ccccc2)c1. The Morgan fingerprint density at radius 1 is 0.958 bits per heavy atom. The van der Waals surface area contributed by atoms with Crippen molar-refractivity contribution in [2.75, 3.05) is 0 Å². The number of halogens is 1. The van der Waals surface area contributed by atoms with Gasteiger partial charge >= 0.3 is 0 Å². The second-order valence-corrected chi connectivity index (χ2v) is 6.34. The lowest BCUT2D eigenvalue weighted by Gasteiger charge is -2.08. The number of aromatic nitrogens is 4. The van der Waals surface area contributed by atoms with Crippen molar-refractivity contribution in [1.82, 2.24) is 19.3 Å². The van der Waals surface area contributed by atoms with E-state index >= 15 is 0 Å². The maximum atomic E-state index is 4.51. The molecule has 2 aromatic heterocycles. The van der Waals surface area contributed by atoms with Gasteiger partial charge < -0.3 is 4.57 Å². The number of hydrogen-bond acceptors (Lipinski definition) is 2. The van der Waals surface area contributed by atoms with Crippen LogP contribution in [0.3, 0.4) is 0 Å². The molecule has 0 saturated carbocycles. The third-order valence-electron chi connectivity index (χ3n) is 3.84. The minimum absolute atomic E-state index is 0.726. The zero-order chi connectivity index (χ0) is 16.4. The molecule has 0 atom stereocenters. The number of para-hydroxylation sites is 1. The van der Waals surface area contributed by atoms with Crippen LogP contribution < -0.4 is 0 Å². The normalized spacial score (nSPS) is 10.9. The van der Waals surface area contributed by atoms with E-state index < -0.39 is 0 Å². The minimum atomic E-state index is 0.726. The zero-order valence-electron chi connectivity index (χ0n) is 12.9. The second kappa shape index (κ2) is 6.45. The van der Waals surface area contributed by atoms with E-state index in [9.17, 15) is 0 Å². The van der Waals surface area contributed by atoms with Crippen molar-refractivity contribution in [3.05, 3.63) is 89.4 Å². The van der Waals surface area contributed by atoms with Gasteiger partial charge in [0.1, 0.15) is 5.82 Å². The number of rotatable bonds is 4. The molecule has 0 spiro atoms. The second-order valence-electron chi connectivity index (χ2n) is 5.49. The third-order valence-corrected chi connectivity index (χ3v) is 4.53. The molecule has 0 unspecified atom stereocenters.